The van der Waals surface area contributed by atoms with Crippen molar-refractivity contribution in [3.05, 3.63) is 35.4 Å². The van der Waals surface area contributed by atoms with Crippen LogP contribution in [0, 0.1) is 0 Å². The van der Waals surface area contributed by atoms with Crippen molar-refractivity contribution < 1.29 is 17.9 Å². The van der Waals surface area contributed by atoms with Crippen LogP contribution in [0.5, 0.6) is 5.75 Å². The van der Waals surface area contributed by atoms with Crippen molar-refractivity contribution in [3.63, 3.8) is 0 Å². The van der Waals surface area contributed by atoms with Gasteiger partial charge in [-0.05, 0) is 32.0 Å². The first kappa shape index (κ1) is 16.0. The van der Waals surface area contributed by atoms with Gasteiger partial charge in [-0.3, -0.25) is 4.79 Å². The number of nitrogens with zero attached hydrogens (tertiary/aromatic N) is 1. The fourth-order valence-electron chi connectivity index (χ4n) is 2.99. The Balaban J connectivity index is 1.77. The Bertz CT molecular complexity index is 742. The summed E-state index contributed by atoms with van der Waals surface area (Å²) in [6, 6.07) is 7.54. The van der Waals surface area contributed by atoms with E-state index in [4.69, 9.17) is 4.74 Å². The highest BCUT2D eigenvalue weighted by atomic mass is 32.2. The maximum atomic E-state index is 12.7. The fraction of sp³-hybridized carbons (Fsp3) is 0.438. The number of hydrogen-bond donors (Lipinski definition) is 1. The molecule has 124 valence electrons. The predicted molar refractivity (Wildman–Crippen MR) is 87.5 cm³/mol. The van der Waals surface area contributed by atoms with Gasteiger partial charge >= 0.3 is 0 Å². The first-order valence-corrected chi connectivity index (χ1v) is 9.20. The summed E-state index contributed by atoms with van der Waals surface area (Å²) in [5.41, 5.74) is 1.43. The highest BCUT2D eigenvalue weighted by Gasteiger charge is 2.33. The van der Waals surface area contributed by atoms with Crippen molar-refractivity contribution in [1.29, 1.82) is 0 Å². The molecule has 1 saturated heterocycles. The van der Waals surface area contributed by atoms with Crippen LogP contribution in [0.4, 0.5) is 0 Å². The number of benzene rings is 1. The van der Waals surface area contributed by atoms with Crippen molar-refractivity contribution in [3.8, 4) is 5.75 Å². The zero-order valence-electron chi connectivity index (χ0n) is 13.0. The maximum absolute atomic E-state index is 12.7. The van der Waals surface area contributed by atoms with Gasteiger partial charge in [0.25, 0.3) is 5.91 Å². The molecule has 1 aromatic carbocycles. The van der Waals surface area contributed by atoms with E-state index in [0.29, 0.717) is 25.0 Å². The van der Waals surface area contributed by atoms with E-state index in [2.05, 4.69) is 4.72 Å². The third kappa shape index (κ3) is 3.25. The Morgan fingerprint density at radius 1 is 1.35 bits per heavy atom. The van der Waals surface area contributed by atoms with Gasteiger partial charge < -0.3 is 9.64 Å². The summed E-state index contributed by atoms with van der Waals surface area (Å²) < 4.78 is 31.9. The van der Waals surface area contributed by atoms with Crippen LogP contribution >= 0.6 is 0 Å². The Morgan fingerprint density at radius 2 is 2.13 bits per heavy atom. The number of carbonyl (C=O) groups is 1. The molecule has 6 nitrogen and oxygen atoms in total. The molecule has 2 aliphatic heterocycles. The van der Waals surface area contributed by atoms with Gasteiger partial charge in [-0.1, -0.05) is 18.2 Å². The number of ether oxygens (including phenoxy) is 1. The monoisotopic (exact) mass is 336 g/mol. The van der Waals surface area contributed by atoms with E-state index in [9.17, 15) is 13.2 Å². The number of nitrogens with one attached hydrogen (secondary N) is 1. The number of likely N-dealkylation sites (tertiary alicyclic amines) is 1. The number of piperidine rings is 1. The summed E-state index contributed by atoms with van der Waals surface area (Å²) in [5.74, 6) is 0.619. The molecule has 2 heterocycles. The zero-order valence-corrected chi connectivity index (χ0v) is 13.8. The van der Waals surface area contributed by atoms with Crippen molar-refractivity contribution in [2.75, 3.05) is 26.7 Å². The second kappa shape index (κ2) is 6.33. The van der Waals surface area contributed by atoms with Crippen LogP contribution in [-0.2, 0) is 14.8 Å². The van der Waals surface area contributed by atoms with Gasteiger partial charge in [-0.15, -0.1) is 0 Å². The lowest BCUT2D eigenvalue weighted by Crippen LogP contribution is -2.48. The van der Waals surface area contributed by atoms with Gasteiger partial charge in [-0.2, -0.15) is 0 Å². The summed E-state index contributed by atoms with van der Waals surface area (Å²) in [5, 5.41) is -0.553. The molecule has 23 heavy (non-hydrogen) atoms. The molecule has 0 radical (unpaired) electrons. The molecule has 1 aromatic rings. The van der Waals surface area contributed by atoms with E-state index >= 15 is 0 Å². The zero-order chi connectivity index (χ0) is 16.4. The lowest BCUT2D eigenvalue weighted by Gasteiger charge is -2.33. The summed E-state index contributed by atoms with van der Waals surface area (Å²) in [7, 11) is -1.95. The molecule has 1 unspecified atom stereocenters. The molecule has 1 amide bonds. The molecular formula is C16H20N2O4S. The van der Waals surface area contributed by atoms with Crippen molar-refractivity contribution >= 4 is 22.0 Å². The van der Waals surface area contributed by atoms with Crippen LogP contribution in [0.2, 0.25) is 0 Å². The highest BCUT2D eigenvalue weighted by Crippen LogP contribution is 2.27. The molecule has 1 N–H and O–H groups in total. The molecule has 0 aliphatic carbocycles. The summed E-state index contributed by atoms with van der Waals surface area (Å²) in [6.45, 7) is 1.02. The third-order valence-corrected chi connectivity index (χ3v) is 6.13. The molecule has 0 bridgehead atoms. The molecule has 2 aliphatic rings. The van der Waals surface area contributed by atoms with E-state index in [1.54, 1.807) is 4.90 Å². The number of carbonyl (C=O) groups excluding carboxylic acids is 1. The SMILES string of the molecule is CNS(=O)(=O)C1CCCN(C(=O)C2=Cc3ccccc3OC2)C1. The normalized spacial score (nSPS) is 21.2. The standard InChI is InChI=1S/C16H20N2O4S/c1-17-23(20,21)14-6-4-8-18(10-14)16(19)13-9-12-5-2-3-7-15(12)22-11-13/h2-3,5,7,9,14,17H,4,6,8,10-11H2,1H3. The molecule has 1 fully saturated rings. The number of rotatable bonds is 3. The van der Waals surface area contributed by atoms with E-state index < -0.39 is 15.3 Å². The Hall–Kier alpha value is -1.86. The summed E-state index contributed by atoms with van der Waals surface area (Å²) in [6.07, 6.45) is 3.09. The average molecular weight is 336 g/mol. The molecular weight excluding hydrogens is 316 g/mol. The van der Waals surface area contributed by atoms with Gasteiger partial charge in [0, 0.05) is 18.7 Å². The number of sulfonamides is 1. The maximum Gasteiger partial charge on any atom is 0.253 e. The van der Waals surface area contributed by atoms with E-state index in [0.717, 1.165) is 11.3 Å². The number of amides is 1. The average Bonchev–Trinajstić information content (AvgIpc) is 2.60. The molecule has 7 heteroatoms. The van der Waals surface area contributed by atoms with Crippen LogP contribution in [0.1, 0.15) is 18.4 Å². The Kier molecular flexibility index (Phi) is 4.41. The molecule has 3 rings (SSSR count). The van der Waals surface area contributed by atoms with Gasteiger partial charge in [0.2, 0.25) is 10.0 Å². The van der Waals surface area contributed by atoms with Gasteiger partial charge in [-0.25, -0.2) is 13.1 Å². The Labute approximate surface area is 136 Å². The van der Waals surface area contributed by atoms with Crippen LogP contribution in [0.3, 0.4) is 0 Å². The van der Waals surface area contributed by atoms with E-state index in [1.165, 1.54) is 7.05 Å². The van der Waals surface area contributed by atoms with E-state index in [1.807, 2.05) is 30.3 Å². The summed E-state index contributed by atoms with van der Waals surface area (Å²) >= 11 is 0. The third-order valence-electron chi connectivity index (χ3n) is 4.30. The summed E-state index contributed by atoms with van der Waals surface area (Å²) in [4.78, 5) is 14.3. The molecule has 0 spiro atoms. The van der Waals surface area contributed by atoms with Crippen LogP contribution in [0.25, 0.3) is 6.08 Å². The van der Waals surface area contributed by atoms with Gasteiger partial charge in [0.15, 0.2) is 0 Å². The van der Waals surface area contributed by atoms with Crippen LogP contribution in [0.15, 0.2) is 29.8 Å². The number of para-hydroxylation sites is 1. The molecule has 1 atom stereocenters. The second-order valence-corrected chi connectivity index (χ2v) is 7.93. The van der Waals surface area contributed by atoms with Crippen molar-refractivity contribution in [2.24, 2.45) is 0 Å². The van der Waals surface area contributed by atoms with Crippen molar-refractivity contribution in [1.82, 2.24) is 9.62 Å². The molecule has 0 aromatic heterocycles. The topological polar surface area (TPSA) is 75.7 Å². The Morgan fingerprint density at radius 3 is 2.91 bits per heavy atom. The number of fused-ring (bicyclic) bond motifs is 1. The minimum absolute atomic E-state index is 0.143. The fourth-order valence-corrected chi connectivity index (χ4v) is 4.17. The lowest BCUT2D eigenvalue weighted by atomic mass is 10.0. The minimum Gasteiger partial charge on any atom is -0.488 e. The van der Waals surface area contributed by atoms with E-state index in [-0.39, 0.29) is 19.1 Å². The minimum atomic E-state index is -3.36. The second-order valence-electron chi connectivity index (χ2n) is 5.76. The smallest absolute Gasteiger partial charge is 0.253 e. The highest BCUT2D eigenvalue weighted by molar-refractivity contribution is 7.90. The van der Waals surface area contributed by atoms with Crippen LogP contribution in [-0.4, -0.2) is 51.2 Å². The first-order chi connectivity index (χ1) is 11.0. The van der Waals surface area contributed by atoms with Gasteiger partial charge in [0.05, 0.1) is 10.8 Å². The number of hydrogen-bond acceptors (Lipinski definition) is 4. The molecule has 0 saturated carbocycles. The predicted octanol–water partition coefficient (Wildman–Crippen LogP) is 1.00. The van der Waals surface area contributed by atoms with Gasteiger partial charge in [0.1, 0.15) is 12.4 Å². The van der Waals surface area contributed by atoms with Crippen molar-refractivity contribution in [2.45, 2.75) is 18.1 Å². The van der Waals surface area contributed by atoms with Crippen LogP contribution < -0.4 is 9.46 Å². The lowest BCUT2D eigenvalue weighted by molar-refractivity contribution is -0.128. The first-order valence-electron chi connectivity index (χ1n) is 7.65. The quantitative estimate of drug-likeness (QED) is 0.894. The largest absolute Gasteiger partial charge is 0.488 e.